The van der Waals surface area contributed by atoms with Crippen LogP contribution in [-0.4, -0.2) is 60.9 Å². The summed E-state index contributed by atoms with van der Waals surface area (Å²) in [6.45, 7) is 2.93. The number of nitrogens with zero attached hydrogens (tertiary/aromatic N) is 4. The highest BCUT2D eigenvalue weighted by atomic mass is 19.4. The number of anilines is 2. The van der Waals surface area contributed by atoms with E-state index in [1.807, 2.05) is 24.3 Å². The van der Waals surface area contributed by atoms with Crippen LogP contribution < -0.4 is 15.0 Å². The summed E-state index contributed by atoms with van der Waals surface area (Å²) >= 11 is 0. The Balaban J connectivity index is 1.41. The van der Waals surface area contributed by atoms with Crippen molar-refractivity contribution in [1.29, 1.82) is 0 Å². The lowest BCUT2D eigenvalue weighted by Gasteiger charge is -2.34. The number of rotatable bonds is 5. The maximum absolute atomic E-state index is 13.4. The number of methoxy groups -OCH3 is 1. The molecule has 0 atom stereocenters. The van der Waals surface area contributed by atoms with Crippen molar-refractivity contribution in [2.75, 3.05) is 50.2 Å². The lowest BCUT2D eigenvalue weighted by Crippen LogP contribution is -2.42. The second-order valence-corrected chi connectivity index (χ2v) is 9.16. The average molecular weight is 528 g/mol. The van der Waals surface area contributed by atoms with Gasteiger partial charge in [0.25, 0.3) is 0 Å². The van der Waals surface area contributed by atoms with Crippen LogP contribution >= 0.6 is 0 Å². The zero-order chi connectivity index (χ0) is 26.7. The van der Waals surface area contributed by atoms with Gasteiger partial charge in [0.2, 0.25) is 0 Å². The van der Waals surface area contributed by atoms with Gasteiger partial charge in [-0.2, -0.15) is 13.2 Å². The highest BCUT2D eigenvalue weighted by Crippen LogP contribution is 2.35. The normalized spacial score (nSPS) is 15.7. The minimum atomic E-state index is -4.57. The molecule has 0 radical (unpaired) electrons. The van der Waals surface area contributed by atoms with Gasteiger partial charge in [0.15, 0.2) is 0 Å². The first kappa shape index (κ1) is 25.8. The Labute approximate surface area is 218 Å². The molecule has 8 nitrogen and oxygen atoms in total. The van der Waals surface area contributed by atoms with Crippen LogP contribution in [0, 0.1) is 0 Å². The van der Waals surface area contributed by atoms with Gasteiger partial charge < -0.3 is 24.6 Å². The number of hydrogen-bond donors (Lipinski definition) is 1. The van der Waals surface area contributed by atoms with Crippen LogP contribution in [0.25, 0.3) is 0 Å². The van der Waals surface area contributed by atoms with Gasteiger partial charge in [-0.05, 0) is 29.8 Å². The largest absolute Gasteiger partial charge is 0.497 e. The second kappa shape index (κ2) is 10.9. The van der Waals surface area contributed by atoms with Gasteiger partial charge in [-0.3, -0.25) is 0 Å². The number of para-hydroxylation sites is 1. The van der Waals surface area contributed by atoms with Gasteiger partial charge in [0, 0.05) is 38.0 Å². The Bertz CT molecular complexity index is 1310. The molecule has 1 fully saturated rings. The third-order valence-corrected chi connectivity index (χ3v) is 6.65. The van der Waals surface area contributed by atoms with E-state index in [0.717, 1.165) is 34.5 Å². The molecule has 5 rings (SSSR count). The average Bonchev–Trinajstić information content (AvgIpc) is 2.92. The van der Waals surface area contributed by atoms with E-state index in [1.165, 1.54) is 23.1 Å². The molecule has 0 aliphatic carbocycles. The highest BCUT2D eigenvalue weighted by Gasteiger charge is 2.34. The lowest BCUT2D eigenvalue weighted by molar-refractivity contribution is -0.136. The van der Waals surface area contributed by atoms with Crippen LogP contribution in [0.4, 0.5) is 29.5 Å². The Kier molecular flexibility index (Phi) is 7.37. The molecule has 2 aromatic carbocycles. The molecule has 200 valence electrons. The number of ether oxygens (including phenoxy) is 2. The van der Waals surface area contributed by atoms with E-state index >= 15 is 0 Å². The summed E-state index contributed by atoms with van der Waals surface area (Å²) in [5, 5.41) is 2.45. The zero-order valence-electron chi connectivity index (χ0n) is 20.9. The molecular formula is C27H28F3N5O3. The number of morpholine rings is 1. The monoisotopic (exact) mass is 527 g/mol. The van der Waals surface area contributed by atoms with Gasteiger partial charge in [-0.15, -0.1) is 0 Å². The van der Waals surface area contributed by atoms with Crippen LogP contribution in [0.1, 0.15) is 28.2 Å². The van der Waals surface area contributed by atoms with Crippen LogP contribution in [0.5, 0.6) is 5.75 Å². The summed E-state index contributed by atoms with van der Waals surface area (Å²) in [6.07, 6.45) is -3.59. The summed E-state index contributed by atoms with van der Waals surface area (Å²) in [5.74, 6) is 2.16. The molecule has 3 heterocycles. The number of urea groups is 1. The molecule has 2 amide bonds. The number of benzene rings is 2. The number of aromatic nitrogens is 2. The fourth-order valence-corrected chi connectivity index (χ4v) is 4.73. The summed E-state index contributed by atoms with van der Waals surface area (Å²) < 4.78 is 51.1. The van der Waals surface area contributed by atoms with Gasteiger partial charge in [0.05, 0.1) is 43.8 Å². The maximum Gasteiger partial charge on any atom is 0.418 e. The number of nitrogens with one attached hydrogen (secondary N) is 1. The van der Waals surface area contributed by atoms with Crippen molar-refractivity contribution >= 4 is 17.5 Å². The molecule has 0 unspecified atom stereocenters. The summed E-state index contributed by atoms with van der Waals surface area (Å²) in [6, 6.07) is 12.1. The molecule has 1 N–H and O–H groups in total. The fraction of sp³-hybridized carbons (Fsp3) is 0.370. The van der Waals surface area contributed by atoms with E-state index in [1.54, 1.807) is 7.11 Å². The smallest absolute Gasteiger partial charge is 0.418 e. The Morgan fingerprint density at radius 3 is 2.63 bits per heavy atom. The molecular weight excluding hydrogens is 499 g/mol. The number of fused-ring (bicyclic) bond motifs is 1. The summed E-state index contributed by atoms with van der Waals surface area (Å²) in [5.41, 5.74) is 1.52. The quantitative estimate of drug-likeness (QED) is 0.526. The molecule has 0 bridgehead atoms. The number of hydrogen-bond acceptors (Lipinski definition) is 6. The van der Waals surface area contributed by atoms with Crippen LogP contribution in [0.2, 0.25) is 0 Å². The molecule has 11 heteroatoms. The Hall–Kier alpha value is -3.86. The molecule has 2 aliphatic heterocycles. The van der Waals surface area contributed by atoms with Crippen molar-refractivity contribution in [2.24, 2.45) is 0 Å². The fourth-order valence-electron chi connectivity index (χ4n) is 4.73. The molecule has 0 spiro atoms. The predicted octanol–water partition coefficient (Wildman–Crippen LogP) is 4.52. The third kappa shape index (κ3) is 5.67. The molecule has 2 aliphatic rings. The minimum Gasteiger partial charge on any atom is -0.497 e. The van der Waals surface area contributed by atoms with E-state index in [0.29, 0.717) is 51.5 Å². The first-order chi connectivity index (χ1) is 18.3. The summed E-state index contributed by atoms with van der Waals surface area (Å²) in [7, 11) is 1.62. The molecule has 38 heavy (non-hydrogen) atoms. The number of amides is 2. The molecule has 1 aromatic heterocycles. The van der Waals surface area contributed by atoms with Crippen molar-refractivity contribution in [1.82, 2.24) is 14.9 Å². The topological polar surface area (TPSA) is 79.8 Å². The molecule has 0 saturated carbocycles. The van der Waals surface area contributed by atoms with Crippen LogP contribution in [0.3, 0.4) is 0 Å². The van der Waals surface area contributed by atoms with E-state index in [4.69, 9.17) is 19.4 Å². The number of carbonyl (C=O) groups is 1. The first-order valence-electron chi connectivity index (χ1n) is 12.4. The van der Waals surface area contributed by atoms with Crippen LogP contribution in [-0.2, 0) is 30.3 Å². The minimum absolute atomic E-state index is 0.196. The summed E-state index contributed by atoms with van der Waals surface area (Å²) in [4.78, 5) is 26.4. The molecule has 3 aromatic rings. The number of carbonyl (C=O) groups excluding carboxylic acids is 1. The van der Waals surface area contributed by atoms with Crippen molar-refractivity contribution in [2.45, 2.75) is 25.6 Å². The predicted molar refractivity (Wildman–Crippen MR) is 135 cm³/mol. The highest BCUT2D eigenvalue weighted by molar-refractivity contribution is 5.90. The van der Waals surface area contributed by atoms with E-state index in [2.05, 4.69) is 10.2 Å². The Morgan fingerprint density at radius 1 is 1.08 bits per heavy atom. The van der Waals surface area contributed by atoms with Crippen molar-refractivity contribution in [3.8, 4) is 5.75 Å². The van der Waals surface area contributed by atoms with Crippen molar-refractivity contribution in [3.63, 3.8) is 0 Å². The van der Waals surface area contributed by atoms with E-state index in [-0.39, 0.29) is 12.2 Å². The first-order valence-corrected chi connectivity index (χ1v) is 12.4. The van der Waals surface area contributed by atoms with E-state index < -0.39 is 17.8 Å². The maximum atomic E-state index is 13.4. The van der Waals surface area contributed by atoms with E-state index in [9.17, 15) is 18.0 Å². The standard InChI is InChI=1S/C27H28F3N5O3/c1-37-19-6-4-5-18(15-19)16-24-31-22-9-10-35(17-20(22)25(33-24)34-11-13-38-14-12-34)26(36)32-23-8-3-2-7-21(23)27(28,29)30/h2-8,15H,9-14,16-17H2,1H3,(H,32,36). The lowest BCUT2D eigenvalue weighted by atomic mass is 10.0. The molecule has 1 saturated heterocycles. The van der Waals surface area contributed by atoms with Gasteiger partial charge in [0.1, 0.15) is 17.4 Å². The van der Waals surface area contributed by atoms with Crippen LogP contribution in [0.15, 0.2) is 48.5 Å². The third-order valence-electron chi connectivity index (χ3n) is 6.65. The SMILES string of the molecule is COc1cccc(Cc2nc3c(c(N4CCOCC4)n2)CN(C(=O)Nc2ccccc2C(F)(F)F)CC3)c1. The van der Waals surface area contributed by atoms with Gasteiger partial charge in [-0.25, -0.2) is 14.8 Å². The van der Waals surface area contributed by atoms with Gasteiger partial charge in [-0.1, -0.05) is 24.3 Å². The number of alkyl halides is 3. The Morgan fingerprint density at radius 2 is 1.87 bits per heavy atom. The van der Waals surface area contributed by atoms with Gasteiger partial charge >= 0.3 is 12.2 Å². The van der Waals surface area contributed by atoms with Crippen molar-refractivity contribution in [3.05, 3.63) is 76.7 Å². The second-order valence-electron chi connectivity index (χ2n) is 9.16. The zero-order valence-corrected chi connectivity index (χ0v) is 20.9. The number of halogens is 3. The van der Waals surface area contributed by atoms with Crippen molar-refractivity contribution < 1.29 is 27.4 Å².